The molecule has 0 N–H and O–H groups in total. The zero-order valence-corrected chi connectivity index (χ0v) is 15.3. The van der Waals surface area contributed by atoms with E-state index in [1.807, 2.05) is 0 Å². The van der Waals surface area contributed by atoms with Crippen LogP contribution in [-0.4, -0.2) is 46.0 Å². The van der Waals surface area contributed by atoms with Crippen LogP contribution in [0.1, 0.15) is 70.6 Å². The van der Waals surface area contributed by atoms with Gasteiger partial charge in [0, 0.05) is 32.6 Å². The Morgan fingerprint density at radius 3 is 1.38 bits per heavy atom. The second-order valence-corrected chi connectivity index (χ2v) is 7.71. The molecule has 0 radical (unpaired) electrons. The molecule has 0 amide bonds. The Morgan fingerprint density at radius 2 is 1.05 bits per heavy atom. The third-order valence-electron chi connectivity index (χ3n) is 5.33. The predicted octanol–water partition coefficient (Wildman–Crippen LogP) is 4.56. The van der Waals surface area contributed by atoms with Crippen LogP contribution < -0.4 is 0 Å². The lowest BCUT2D eigenvalue weighted by molar-refractivity contribution is 0.272. The van der Waals surface area contributed by atoms with E-state index in [2.05, 4.69) is 23.9 Å². The number of nitrogens with zero attached hydrogens (tertiary/aromatic N) is 2. The van der Waals surface area contributed by atoms with Crippen molar-refractivity contribution in [2.24, 2.45) is 0 Å². The average Bonchev–Trinajstić information content (AvgIpc) is 2.55. The van der Waals surface area contributed by atoms with Gasteiger partial charge in [0.05, 0.1) is 9.98 Å². The van der Waals surface area contributed by atoms with E-state index < -0.39 is 0 Å². The molecule has 120 valence electrons. The van der Waals surface area contributed by atoms with E-state index in [9.17, 15) is 0 Å². The maximum Gasteiger partial charge on any atom is 0.0847 e. The molecular formula is C17H30N2S2. The first-order valence-electron chi connectivity index (χ1n) is 8.61. The van der Waals surface area contributed by atoms with Crippen LogP contribution in [0.3, 0.4) is 0 Å². The van der Waals surface area contributed by atoms with Gasteiger partial charge in [-0.05, 0) is 25.7 Å². The molecule has 0 aromatic rings. The maximum atomic E-state index is 5.67. The highest BCUT2D eigenvalue weighted by Gasteiger charge is 2.23. The van der Waals surface area contributed by atoms with E-state index >= 15 is 0 Å². The Kier molecular flexibility index (Phi) is 6.87. The van der Waals surface area contributed by atoms with E-state index in [1.165, 1.54) is 64.2 Å². The highest BCUT2D eigenvalue weighted by atomic mass is 32.1. The van der Waals surface area contributed by atoms with Crippen LogP contribution in [0.2, 0.25) is 0 Å². The van der Waals surface area contributed by atoms with Crippen molar-refractivity contribution < 1.29 is 0 Å². The highest BCUT2D eigenvalue weighted by Crippen LogP contribution is 2.24. The summed E-state index contributed by atoms with van der Waals surface area (Å²) in [6.07, 6.45) is 14.1. The summed E-state index contributed by atoms with van der Waals surface area (Å²) in [5.41, 5.74) is 0. The van der Waals surface area contributed by atoms with Gasteiger partial charge >= 0.3 is 0 Å². The molecule has 2 nitrogen and oxygen atoms in total. The SMILES string of the molecule is CN(C(=S)CC(=S)N(C)C1CCCCC1)C1CCCCC1. The minimum absolute atomic E-state index is 0.647. The molecule has 0 atom stereocenters. The minimum Gasteiger partial charge on any atom is -0.366 e. The lowest BCUT2D eigenvalue weighted by atomic mass is 9.94. The van der Waals surface area contributed by atoms with Crippen molar-refractivity contribution in [3.05, 3.63) is 0 Å². The van der Waals surface area contributed by atoms with Crippen LogP contribution in [0.15, 0.2) is 0 Å². The largest absolute Gasteiger partial charge is 0.366 e. The summed E-state index contributed by atoms with van der Waals surface area (Å²) in [4.78, 5) is 6.73. The van der Waals surface area contributed by atoms with Crippen LogP contribution in [0.5, 0.6) is 0 Å². The van der Waals surface area contributed by atoms with Crippen molar-refractivity contribution in [1.82, 2.24) is 9.80 Å². The van der Waals surface area contributed by atoms with Crippen LogP contribution in [0, 0.1) is 0 Å². The van der Waals surface area contributed by atoms with Gasteiger partial charge in [-0.15, -0.1) is 0 Å². The fourth-order valence-corrected chi connectivity index (χ4v) is 4.39. The smallest absolute Gasteiger partial charge is 0.0847 e. The van der Waals surface area contributed by atoms with Gasteiger partial charge in [-0.3, -0.25) is 0 Å². The van der Waals surface area contributed by atoms with Crippen molar-refractivity contribution in [2.75, 3.05) is 14.1 Å². The van der Waals surface area contributed by atoms with Crippen molar-refractivity contribution >= 4 is 34.4 Å². The van der Waals surface area contributed by atoms with Crippen molar-refractivity contribution in [3.63, 3.8) is 0 Å². The molecule has 2 rings (SSSR count). The summed E-state index contributed by atoms with van der Waals surface area (Å²) in [7, 11) is 4.34. The highest BCUT2D eigenvalue weighted by molar-refractivity contribution is 7.82. The van der Waals surface area contributed by atoms with Crippen molar-refractivity contribution in [1.29, 1.82) is 0 Å². The average molecular weight is 327 g/mol. The fourth-order valence-electron chi connectivity index (χ4n) is 3.72. The zero-order valence-electron chi connectivity index (χ0n) is 13.6. The van der Waals surface area contributed by atoms with Gasteiger partial charge in [0.25, 0.3) is 0 Å². The maximum absolute atomic E-state index is 5.67. The molecule has 4 heteroatoms. The first-order chi connectivity index (χ1) is 10.1. The molecule has 0 aliphatic heterocycles. The normalized spacial score (nSPS) is 21.0. The van der Waals surface area contributed by atoms with Gasteiger partial charge in [-0.2, -0.15) is 0 Å². The minimum atomic E-state index is 0.647. The molecule has 0 unspecified atom stereocenters. The number of rotatable bonds is 4. The summed E-state index contributed by atoms with van der Waals surface area (Å²) >= 11 is 11.3. The van der Waals surface area contributed by atoms with Crippen molar-refractivity contribution in [3.8, 4) is 0 Å². The standard InChI is InChI=1S/C17H30N2S2/c1-18(14-9-5-3-6-10-14)16(20)13-17(21)19(2)15-11-7-4-8-12-15/h14-15H,3-13H2,1-2H3. The molecule has 21 heavy (non-hydrogen) atoms. The monoisotopic (exact) mass is 326 g/mol. The van der Waals surface area contributed by atoms with Gasteiger partial charge in [0.15, 0.2) is 0 Å². The van der Waals surface area contributed by atoms with E-state index in [0.29, 0.717) is 12.1 Å². The summed E-state index contributed by atoms with van der Waals surface area (Å²) in [6, 6.07) is 1.29. The van der Waals surface area contributed by atoms with E-state index in [0.717, 1.165) is 16.4 Å². The van der Waals surface area contributed by atoms with Crippen LogP contribution in [-0.2, 0) is 0 Å². The number of thiocarbonyl (C=S) groups is 2. The van der Waals surface area contributed by atoms with Crippen LogP contribution >= 0.6 is 24.4 Å². The molecule has 2 saturated carbocycles. The summed E-state index contributed by atoms with van der Waals surface area (Å²) in [5, 5.41) is 0. The Bertz CT molecular complexity index is 324. The molecule has 2 aliphatic carbocycles. The van der Waals surface area contributed by atoms with E-state index in [-0.39, 0.29) is 0 Å². The molecule has 2 fully saturated rings. The Balaban J connectivity index is 1.81. The predicted molar refractivity (Wildman–Crippen MR) is 99.1 cm³/mol. The molecule has 0 saturated heterocycles. The first kappa shape index (κ1) is 17.1. The van der Waals surface area contributed by atoms with Gasteiger partial charge in [-0.1, -0.05) is 63.0 Å². The molecule has 2 aliphatic rings. The third kappa shape index (κ3) is 4.88. The van der Waals surface area contributed by atoms with Crippen molar-refractivity contribution in [2.45, 2.75) is 82.7 Å². The summed E-state index contributed by atoms with van der Waals surface area (Å²) in [5.74, 6) is 0. The Morgan fingerprint density at radius 1 is 0.714 bits per heavy atom. The number of hydrogen-bond acceptors (Lipinski definition) is 2. The first-order valence-corrected chi connectivity index (χ1v) is 9.42. The molecule has 0 spiro atoms. The lowest BCUT2D eigenvalue weighted by Crippen LogP contribution is -2.42. The van der Waals surface area contributed by atoms with Gasteiger partial charge in [0.1, 0.15) is 0 Å². The molecule has 0 aromatic carbocycles. The van der Waals surface area contributed by atoms with Gasteiger partial charge in [0.2, 0.25) is 0 Å². The van der Waals surface area contributed by atoms with Crippen LogP contribution in [0.25, 0.3) is 0 Å². The second kappa shape index (κ2) is 8.42. The third-order valence-corrected chi connectivity index (χ3v) is 6.20. The molecule has 0 aromatic heterocycles. The second-order valence-electron chi connectivity index (χ2n) is 6.77. The summed E-state index contributed by atoms with van der Waals surface area (Å²) < 4.78 is 0. The van der Waals surface area contributed by atoms with Gasteiger partial charge in [-0.25, -0.2) is 0 Å². The molecule has 0 heterocycles. The Hall–Kier alpha value is -0.220. The Labute approximate surface area is 141 Å². The summed E-state index contributed by atoms with van der Waals surface area (Å²) in [6.45, 7) is 0. The number of hydrogen-bond donors (Lipinski definition) is 0. The van der Waals surface area contributed by atoms with Gasteiger partial charge < -0.3 is 9.80 Å². The van der Waals surface area contributed by atoms with E-state index in [1.54, 1.807) is 0 Å². The lowest BCUT2D eigenvalue weighted by Gasteiger charge is -2.36. The topological polar surface area (TPSA) is 6.48 Å². The quantitative estimate of drug-likeness (QED) is 0.698. The van der Waals surface area contributed by atoms with Crippen LogP contribution in [0.4, 0.5) is 0 Å². The zero-order chi connectivity index (χ0) is 15.2. The molecular weight excluding hydrogens is 296 g/mol. The van der Waals surface area contributed by atoms with E-state index in [4.69, 9.17) is 24.4 Å². The fraction of sp³-hybridized carbons (Fsp3) is 0.882. The molecule has 0 bridgehead atoms.